The van der Waals surface area contributed by atoms with E-state index in [0.29, 0.717) is 17.7 Å². The minimum atomic E-state index is -0.248. The van der Waals surface area contributed by atoms with E-state index in [2.05, 4.69) is 10.3 Å². The van der Waals surface area contributed by atoms with Crippen LogP contribution in [0.4, 0.5) is 4.39 Å². The van der Waals surface area contributed by atoms with Crippen LogP contribution in [0.15, 0.2) is 23.6 Å². The first-order valence-corrected chi connectivity index (χ1v) is 7.50. The van der Waals surface area contributed by atoms with Crippen LogP contribution in [0, 0.1) is 12.7 Å². The number of nitrogens with one attached hydrogen (secondary N) is 1. The molecular formula is C15H19FN2OS. The van der Waals surface area contributed by atoms with E-state index in [9.17, 15) is 4.39 Å². The van der Waals surface area contributed by atoms with Crippen molar-refractivity contribution >= 4 is 11.3 Å². The zero-order valence-corrected chi connectivity index (χ0v) is 12.8. The zero-order chi connectivity index (χ0) is 14.5. The largest absolute Gasteiger partial charge is 0.496 e. The molecule has 1 aromatic heterocycles. The molecule has 0 saturated carbocycles. The smallest absolute Gasteiger partial charge is 0.131 e. The van der Waals surface area contributed by atoms with Crippen molar-refractivity contribution in [2.75, 3.05) is 13.7 Å². The van der Waals surface area contributed by atoms with Crippen LogP contribution in [0.5, 0.6) is 5.75 Å². The molecule has 0 saturated heterocycles. The summed E-state index contributed by atoms with van der Waals surface area (Å²) in [6, 6.07) is 4.77. The molecule has 3 nitrogen and oxygen atoms in total. The lowest BCUT2D eigenvalue weighted by Crippen LogP contribution is -2.24. The highest BCUT2D eigenvalue weighted by Gasteiger charge is 2.21. The fraction of sp³-hybridized carbons (Fsp3) is 0.400. The monoisotopic (exact) mass is 294 g/mol. The third kappa shape index (κ3) is 3.35. The molecule has 1 N–H and O–H groups in total. The van der Waals surface area contributed by atoms with Crippen molar-refractivity contribution in [2.24, 2.45) is 0 Å². The Kier molecular flexibility index (Phi) is 5.09. The number of nitrogens with zero attached hydrogens (tertiary/aromatic N) is 1. The van der Waals surface area contributed by atoms with Crippen molar-refractivity contribution in [2.45, 2.75) is 26.3 Å². The number of ether oxygens (including phenoxy) is 1. The van der Waals surface area contributed by atoms with Crippen molar-refractivity contribution in [3.05, 3.63) is 45.7 Å². The summed E-state index contributed by atoms with van der Waals surface area (Å²) >= 11 is 1.61. The molecule has 5 heteroatoms. The van der Waals surface area contributed by atoms with Gasteiger partial charge < -0.3 is 10.1 Å². The number of halogens is 1. The average Bonchev–Trinajstić information content (AvgIpc) is 2.83. The third-order valence-electron chi connectivity index (χ3n) is 3.11. The first-order valence-electron chi connectivity index (χ1n) is 6.62. The van der Waals surface area contributed by atoms with E-state index >= 15 is 0 Å². The Morgan fingerprint density at radius 2 is 2.25 bits per heavy atom. The number of thiazole rings is 1. The molecule has 2 rings (SSSR count). The zero-order valence-electron chi connectivity index (χ0n) is 11.9. The van der Waals surface area contributed by atoms with Crippen LogP contribution in [-0.4, -0.2) is 18.6 Å². The summed E-state index contributed by atoms with van der Waals surface area (Å²) in [5.41, 5.74) is 1.55. The van der Waals surface area contributed by atoms with Crippen molar-refractivity contribution in [1.82, 2.24) is 10.3 Å². The summed E-state index contributed by atoms with van der Waals surface area (Å²) < 4.78 is 19.5. The van der Waals surface area contributed by atoms with Gasteiger partial charge in [-0.25, -0.2) is 9.37 Å². The Bertz CT molecular complexity index is 571. The Hall–Kier alpha value is -1.46. The van der Waals surface area contributed by atoms with Gasteiger partial charge in [-0.3, -0.25) is 0 Å². The molecule has 0 fully saturated rings. The summed E-state index contributed by atoms with van der Waals surface area (Å²) in [5.74, 6) is 0.324. The maximum absolute atomic E-state index is 14.2. The van der Waals surface area contributed by atoms with E-state index in [1.54, 1.807) is 30.6 Å². The number of hydrogen-bond acceptors (Lipinski definition) is 4. The molecule has 0 aliphatic carbocycles. The van der Waals surface area contributed by atoms with Gasteiger partial charge in [-0.15, -0.1) is 11.3 Å². The van der Waals surface area contributed by atoms with Crippen LogP contribution in [0.3, 0.4) is 0 Å². The van der Waals surface area contributed by atoms with E-state index in [1.165, 1.54) is 6.07 Å². The maximum atomic E-state index is 14.2. The van der Waals surface area contributed by atoms with E-state index < -0.39 is 0 Å². The second-order valence-corrected chi connectivity index (χ2v) is 5.59. The first-order chi connectivity index (χ1) is 9.65. The SMILES string of the molecule is CCNC(Cc1csc(C)n1)c1c(F)cccc1OC. The fourth-order valence-electron chi connectivity index (χ4n) is 2.27. The summed E-state index contributed by atoms with van der Waals surface area (Å²) in [7, 11) is 1.56. The molecule has 0 aliphatic rings. The number of likely N-dealkylation sites (N-methyl/N-ethyl adjacent to an activating group) is 1. The predicted octanol–water partition coefficient (Wildman–Crippen LogP) is 3.49. The van der Waals surface area contributed by atoms with Gasteiger partial charge >= 0.3 is 0 Å². The van der Waals surface area contributed by atoms with Crippen molar-refractivity contribution in [3.8, 4) is 5.75 Å². The van der Waals surface area contributed by atoms with Gasteiger partial charge in [0, 0.05) is 23.4 Å². The molecular weight excluding hydrogens is 275 g/mol. The molecule has 1 aromatic carbocycles. The average molecular weight is 294 g/mol. The van der Waals surface area contributed by atoms with Gasteiger partial charge in [-0.2, -0.15) is 0 Å². The molecule has 0 radical (unpaired) electrons. The van der Waals surface area contributed by atoms with Crippen LogP contribution >= 0.6 is 11.3 Å². The van der Waals surface area contributed by atoms with Crippen LogP contribution in [0.1, 0.15) is 29.2 Å². The van der Waals surface area contributed by atoms with Gasteiger partial charge in [0.25, 0.3) is 0 Å². The highest BCUT2D eigenvalue weighted by atomic mass is 32.1. The lowest BCUT2D eigenvalue weighted by atomic mass is 10.0. The minimum Gasteiger partial charge on any atom is -0.496 e. The van der Waals surface area contributed by atoms with Gasteiger partial charge in [0.05, 0.1) is 17.8 Å². The normalized spacial score (nSPS) is 12.4. The Balaban J connectivity index is 2.33. The van der Waals surface area contributed by atoms with Crippen molar-refractivity contribution in [3.63, 3.8) is 0 Å². The van der Waals surface area contributed by atoms with E-state index in [0.717, 1.165) is 17.2 Å². The number of aryl methyl sites for hydroxylation is 1. The molecule has 1 atom stereocenters. The Labute approximate surface area is 122 Å². The van der Waals surface area contributed by atoms with Gasteiger partial charge in [0.1, 0.15) is 11.6 Å². The van der Waals surface area contributed by atoms with Crippen LogP contribution < -0.4 is 10.1 Å². The first kappa shape index (κ1) is 14.9. The highest BCUT2D eigenvalue weighted by Crippen LogP contribution is 2.30. The number of aromatic nitrogens is 1. The molecule has 0 spiro atoms. The third-order valence-corrected chi connectivity index (χ3v) is 3.93. The van der Waals surface area contributed by atoms with Gasteiger partial charge in [0.15, 0.2) is 0 Å². The molecule has 2 aromatic rings. The Morgan fingerprint density at radius 3 is 2.85 bits per heavy atom. The molecule has 20 heavy (non-hydrogen) atoms. The molecule has 0 aliphatic heterocycles. The van der Waals surface area contributed by atoms with Gasteiger partial charge in [-0.1, -0.05) is 13.0 Å². The van der Waals surface area contributed by atoms with Crippen molar-refractivity contribution in [1.29, 1.82) is 0 Å². The number of methoxy groups -OCH3 is 1. The van der Waals surface area contributed by atoms with E-state index in [1.807, 2.05) is 19.2 Å². The fourth-order valence-corrected chi connectivity index (χ4v) is 2.89. The molecule has 1 heterocycles. The van der Waals surface area contributed by atoms with Crippen LogP contribution in [0.2, 0.25) is 0 Å². The van der Waals surface area contributed by atoms with Gasteiger partial charge in [0.2, 0.25) is 0 Å². The van der Waals surface area contributed by atoms with Gasteiger partial charge in [-0.05, 0) is 25.6 Å². The lowest BCUT2D eigenvalue weighted by Gasteiger charge is -2.20. The summed E-state index contributed by atoms with van der Waals surface area (Å²) in [5, 5.41) is 6.36. The number of benzene rings is 1. The maximum Gasteiger partial charge on any atom is 0.131 e. The number of rotatable bonds is 6. The summed E-state index contributed by atoms with van der Waals surface area (Å²) in [6.07, 6.45) is 0.648. The molecule has 0 bridgehead atoms. The van der Waals surface area contributed by atoms with E-state index in [4.69, 9.17) is 4.74 Å². The topological polar surface area (TPSA) is 34.2 Å². The Morgan fingerprint density at radius 1 is 1.45 bits per heavy atom. The minimum absolute atomic E-state index is 0.141. The van der Waals surface area contributed by atoms with Crippen molar-refractivity contribution < 1.29 is 9.13 Å². The predicted molar refractivity (Wildman–Crippen MR) is 79.9 cm³/mol. The highest BCUT2D eigenvalue weighted by molar-refractivity contribution is 7.09. The molecule has 108 valence electrons. The summed E-state index contributed by atoms with van der Waals surface area (Å²) in [6.45, 7) is 4.73. The second kappa shape index (κ2) is 6.81. The molecule has 0 amide bonds. The summed E-state index contributed by atoms with van der Waals surface area (Å²) in [4.78, 5) is 4.46. The van der Waals surface area contributed by atoms with Crippen LogP contribution in [-0.2, 0) is 6.42 Å². The second-order valence-electron chi connectivity index (χ2n) is 4.53. The van der Waals surface area contributed by atoms with Crippen LogP contribution in [0.25, 0.3) is 0 Å². The standard InChI is InChI=1S/C15H19FN2OS/c1-4-17-13(8-11-9-20-10(2)18-11)15-12(16)6-5-7-14(15)19-3/h5-7,9,13,17H,4,8H2,1-3H3. The van der Waals surface area contributed by atoms with E-state index in [-0.39, 0.29) is 11.9 Å². The molecule has 1 unspecified atom stereocenters. The lowest BCUT2D eigenvalue weighted by molar-refractivity contribution is 0.390. The quantitative estimate of drug-likeness (QED) is 0.885. The number of hydrogen-bond donors (Lipinski definition) is 1.